The van der Waals surface area contributed by atoms with Gasteiger partial charge in [-0.2, -0.15) is 5.10 Å². The number of nitrogens with zero attached hydrogens (tertiary/aromatic N) is 3. The molecule has 2 rings (SSSR count). The molecule has 1 aromatic carbocycles. The summed E-state index contributed by atoms with van der Waals surface area (Å²) >= 11 is 0. The van der Waals surface area contributed by atoms with Gasteiger partial charge in [0.25, 0.3) is 5.91 Å². The third-order valence-corrected chi connectivity index (χ3v) is 3.70. The van der Waals surface area contributed by atoms with Crippen LogP contribution in [0.1, 0.15) is 17.4 Å². The Labute approximate surface area is 137 Å². The zero-order valence-electron chi connectivity index (χ0n) is 13.4. The van der Waals surface area contributed by atoms with Crippen molar-refractivity contribution in [2.75, 3.05) is 26.8 Å². The molecule has 6 nitrogen and oxygen atoms in total. The maximum atomic E-state index is 13.8. The molecule has 0 bridgehead atoms. The van der Waals surface area contributed by atoms with Crippen molar-refractivity contribution in [1.29, 1.82) is 0 Å². The highest BCUT2D eigenvalue weighted by molar-refractivity contribution is 5.92. The van der Waals surface area contributed by atoms with Crippen LogP contribution in [0.4, 0.5) is 8.78 Å². The van der Waals surface area contributed by atoms with E-state index in [0.29, 0.717) is 0 Å². The molecule has 0 atom stereocenters. The number of para-hydroxylation sites is 1. The molecule has 24 heavy (non-hydrogen) atoms. The second-order valence-electron chi connectivity index (χ2n) is 6.00. The lowest BCUT2D eigenvalue weighted by Gasteiger charge is -2.29. The van der Waals surface area contributed by atoms with Crippen molar-refractivity contribution in [1.82, 2.24) is 14.7 Å². The standard InChI is InChI=1S/C16H19F2N3O3/c1-16(9-22,10-23)8-20(2)15(24)13-6-7-21(19-13)14-11(17)4-3-5-12(14)18/h3-7,22-23H,8-10H2,1-2H3. The summed E-state index contributed by atoms with van der Waals surface area (Å²) in [6.45, 7) is 1.13. The van der Waals surface area contributed by atoms with Gasteiger partial charge in [-0.05, 0) is 18.2 Å². The first-order chi connectivity index (χ1) is 11.3. The molecule has 0 aliphatic carbocycles. The molecule has 0 unspecified atom stereocenters. The number of hydrogen-bond acceptors (Lipinski definition) is 4. The number of hydrogen-bond donors (Lipinski definition) is 2. The van der Waals surface area contributed by atoms with Crippen LogP contribution >= 0.6 is 0 Å². The monoisotopic (exact) mass is 339 g/mol. The first-order valence-corrected chi connectivity index (χ1v) is 7.28. The Morgan fingerprint density at radius 3 is 2.38 bits per heavy atom. The second-order valence-corrected chi connectivity index (χ2v) is 6.00. The van der Waals surface area contributed by atoms with Gasteiger partial charge >= 0.3 is 0 Å². The van der Waals surface area contributed by atoms with Gasteiger partial charge in [-0.3, -0.25) is 4.79 Å². The number of carbonyl (C=O) groups excluding carboxylic acids is 1. The number of halogens is 2. The topological polar surface area (TPSA) is 78.6 Å². The number of aliphatic hydroxyl groups excluding tert-OH is 2. The summed E-state index contributed by atoms with van der Waals surface area (Å²) in [5.41, 5.74) is -1.22. The third-order valence-electron chi connectivity index (χ3n) is 3.70. The Hall–Kier alpha value is -2.32. The van der Waals surface area contributed by atoms with Gasteiger partial charge in [0, 0.05) is 25.2 Å². The van der Waals surface area contributed by atoms with E-state index in [2.05, 4.69) is 5.10 Å². The molecule has 0 spiro atoms. The lowest BCUT2D eigenvalue weighted by Crippen LogP contribution is -2.41. The van der Waals surface area contributed by atoms with Crippen molar-refractivity contribution in [2.45, 2.75) is 6.92 Å². The fourth-order valence-electron chi connectivity index (χ4n) is 2.26. The van der Waals surface area contributed by atoms with Crippen LogP contribution in [-0.2, 0) is 0 Å². The fraction of sp³-hybridized carbons (Fsp3) is 0.375. The van der Waals surface area contributed by atoms with Gasteiger partial charge in [0.05, 0.1) is 13.2 Å². The SMILES string of the molecule is CN(CC(C)(CO)CO)C(=O)c1ccn(-c2c(F)cccc2F)n1. The lowest BCUT2D eigenvalue weighted by atomic mass is 9.92. The number of rotatable bonds is 6. The first kappa shape index (κ1) is 18.0. The summed E-state index contributed by atoms with van der Waals surface area (Å²) in [7, 11) is 1.49. The quantitative estimate of drug-likeness (QED) is 0.829. The predicted molar refractivity (Wildman–Crippen MR) is 82.7 cm³/mol. The Morgan fingerprint density at radius 1 is 1.25 bits per heavy atom. The number of amides is 1. The van der Waals surface area contributed by atoms with Crippen LogP contribution in [0.5, 0.6) is 0 Å². The minimum Gasteiger partial charge on any atom is -0.396 e. The Bertz CT molecular complexity index is 709. The van der Waals surface area contributed by atoms with Crippen LogP contribution in [0, 0.1) is 17.0 Å². The van der Waals surface area contributed by atoms with E-state index in [9.17, 15) is 23.8 Å². The number of carbonyl (C=O) groups is 1. The highest BCUT2D eigenvalue weighted by Crippen LogP contribution is 2.19. The van der Waals surface area contributed by atoms with E-state index in [1.54, 1.807) is 6.92 Å². The molecule has 0 aliphatic rings. The molecule has 2 aromatic rings. The van der Waals surface area contributed by atoms with Crippen molar-refractivity contribution >= 4 is 5.91 Å². The van der Waals surface area contributed by atoms with Crippen LogP contribution in [0.3, 0.4) is 0 Å². The predicted octanol–water partition coefficient (Wildman–Crippen LogP) is 1.21. The Kier molecular flexibility index (Phi) is 5.30. The number of benzene rings is 1. The smallest absolute Gasteiger partial charge is 0.274 e. The molecular weight excluding hydrogens is 320 g/mol. The van der Waals surface area contributed by atoms with Gasteiger partial charge < -0.3 is 15.1 Å². The summed E-state index contributed by atoms with van der Waals surface area (Å²) in [4.78, 5) is 13.7. The summed E-state index contributed by atoms with van der Waals surface area (Å²) in [5.74, 6) is -2.07. The van der Waals surface area contributed by atoms with Crippen molar-refractivity contribution in [3.05, 3.63) is 47.8 Å². The van der Waals surface area contributed by atoms with Gasteiger partial charge in [0.2, 0.25) is 0 Å². The van der Waals surface area contributed by atoms with Crippen LogP contribution in [0.2, 0.25) is 0 Å². The molecule has 0 saturated heterocycles. The van der Waals surface area contributed by atoms with Gasteiger partial charge in [-0.15, -0.1) is 0 Å². The summed E-state index contributed by atoms with van der Waals surface area (Å²) < 4.78 is 28.5. The van der Waals surface area contributed by atoms with Crippen molar-refractivity contribution < 1.29 is 23.8 Å². The molecule has 1 aromatic heterocycles. The molecule has 130 valence electrons. The van der Waals surface area contributed by atoms with Gasteiger partial charge in [-0.25, -0.2) is 13.5 Å². The lowest BCUT2D eigenvalue weighted by molar-refractivity contribution is 0.0363. The number of aromatic nitrogens is 2. The molecule has 0 aliphatic heterocycles. The van der Waals surface area contributed by atoms with Gasteiger partial charge in [-0.1, -0.05) is 13.0 Å². The zero-order valence-corrected chi connectivity index (χ0v) is 13.4. The van der Waals surface area contributed by atoms with Crippen LogP contribution in [0.25, 0.3) is 5.69 Å². The maximum Gasteiger partial charge on any atom is 0.274 e. The minimum atomic E-state index is -0.857. The highest BCUT2D eigenvalue weighted by Gasteiger charge is 2.28. The Morgan fingerprint density at radius 2 is 1.83 bits per heavy atom. The highest BCUT2D eigenvalue weighted by atomic mass is 19.1. The normalized spacial score (nSPS) is 11.6. The maximum absolute atomic E-state index is 13.8. The summed E-state index contributed by atoms with van der Waals surface area (Å²) in [5, 5.41) is 22.5. The van der Waals surface area contributed by atoms with Crippen LogP contribution in [0.15, 0.2) is 30.5 Å². The molecule has 8 heteroatoms. The Balaban J connectivity index is 2.23. The summed E-state index contributed by atoms with van der Waals surface area (Å²) in [6, 6.07) is 4.78. The van der Waals surface area contributed by atoms with Crippen molar-refractivity contribution in [3.63, 3.8) is 0 Å². The van der Waals surface area contributed by atoms with E-state index >= 15 is 0 Å². The molecule has 0 saturated carbocycles. The van der Waals surface area contributed by atoms with E-state index in [0.717, 1.165) is 16.8 Å². The van der Waals surface area contributed by atoms with Crippen LogP contribution < -0.4 is 0 Å². The second kappa shape index (κ2) is 7.06. The minimum absolute atomic E-state index is 0.00150. The average Bonchev–Trinajstić information content (AvgIpc) is 3.03. The third kappa shape index (κ3) is 3.60. The molecule has 2 N–H and O–H groups in total. The van der Waals surface area contributed by atoms with E-state index < -0.39 is 23.0 Å². The van der Waals surface area contributed by atoms with Gasteiger partial charge in [0.1, 0.15) is 5.69 Å². The molecule has 1 amide bonds. The molecular formula is C16H19F2N3O3. The average molecular weight is 339 g/mol. The van der Waals surface area contributed by atoms with Crippen LogP contribution in [-0.4, -0.2) is 57.6 Å². The summed E-state index contributed by atoms with van der Waals surface area (Å²) in [6.07, 6.45) is 1.29. The zero-order chi connectivity index (χ0) is 17.9. The number of aliphatic hydroxyl groups is 2. The van der Waals surface area contributed by atoms with E-state index in [1.807, 2.05) is 0 Å². The van der Waals surface area contributed by atoms with Crippen molar-refractivity contribution in [3.8, 4) is 5.69 Å². The largest absolute Gasteiger partial charge is 0.396 e. The van der Waals surface area contributed by atoms with E-state index in [-0.39, 0.29) is 31.1 Å². The molecule has 1 heterocycles. The molecule has 0 radical (unpaired) electrons. The first-order valence-electron chi connectivity index (χ1n) is 7.28. The van der Waals surface area contributed by atoms with Gasteiger partial charge in [0.15, 0.2) is 17.3 Å². The molecule has 0 fully saturated rings. The fourth-order valence-corrected chi connectivity index (χ4v) is 2.26. The van der Waals surface area contributed by atoms with E-state index in [4.69, 9.17) is 0 Å². The van der Waals surface area contributed by atoms with Crippen molar-refractivity contribution in [2.24, 2.45) is 5.41 Å². The van der Waals surface area contributed by atoms with E-state index in [1.165, 1.54) is 30.3 Å².